The minimum absolute atomic E-state index is 0.417. The molecule has 2 N–H and O–H groups in total. The molecule has 0 spiro atoms. The van der Waals surface area contributed by atoms with Gasteiger partial charge in [0, 0.05) is 42.1 Å². The molecule has 0 unspecified atom stereocenters. The molecule has 4 rings (SSSR count). The van der Waals surface area contributed by atoms with Crippen molar-refractivity contribution in [1.29, 1.82) is 0 Å². The van der Waals surface area contributed by atoms with Crippen LogP contribution in [0, 0.1) is 5.92 Å². The van der Waals surface area contributed by atoms with Gasteiger partial charge in [-0.1, -0.05) is 32.0 Å². The molecule has 4 nitrogen and oxygen atoms in total. The summed E-state index contributed by atoms with van der Waals surface area (Å²) in [5, 5.41) is 7.69. The number of hydrogen-bond acceptors (Lipinski definition) is 4. The van der Waals surface area contributed by atoms with E-state index < -0.39 is 0 Å². The van der Waals surface area contributed by atoms with Crippen molar-refractivity contribution in [2.24, 2.45) is 5.92 Å². The van der Waals surface area contributed by atoms with Gasteiger partial charge in [0.1, 0.15) is 0 Å². The second-order valence-corrected chi connectivity index (χ2v) is 7.72. The highest BCUT2D eigenvalue weighted by atomic mass is 32.1. The first-order chi connectivity index (χ1) is 11.7. The number of fused-ring (bicyclic) bond motifs is 3. The maximum absolute atomic E-state index is 4.67. The van der Waals surface area contributed by atoms with Crippen LogP contribution >= 0.6 is 11.3 Å². The highest BCUT2D eigenvalue weighted by Crippen LogP contribution is 2.39. The van der Waals surface area contributed by atoms with Crippen LogP contribution in [0.15, 0.2) is 29.6 Å². The molecule has 0 radical (unpaired) electrons. The lowest BCUT2D eigenvalue weighted by Gasteiger charge is -2.37. The van der Waals surface area contributed by atoms with Crippen molar-refractivity contribution in [2.75, 3.05) is 18.9 Å². The average molecular weight is 340 g/mol. The van der Waals surface area contributed by atoms with Crippen molar-refractivity contribution in [3.8, 4) is 0 Å². The molecule has 126 valence electrons. The fraction of sp³-hybridized carbons (Fsp3) is 0.421. The smallest absolute Gasteiger partial charge is 0.182 e. The van der Waals surface area contributed by atoms with Gasteiger partial charge in [-0.3, -0.25) is 4.90 Å². The summed E-state index contributed by atoms with van der Waals surface area (Å²) in [7, 11) is 1.93. The molecule has 1 atom stereocenters. The standard InChI is InChI=1S/C19H24N4S/c1-12(2)18-17-15(14-6-4-5-7-16(14)22-17)8-9-23(18)10-13-11-24-19(20-3)21-13/h4-7,11-12,18,22H,8-10H2,1-3H3,(H,20,21)/t18-/m0/s1. The lowest BCUT2D eigenvalue weighted by atomic mass is 9.90. The Kier molecular flexibility index (Phi) is 4.06. The molecule has 24 heavy (non-hydrogen) atoms. The number of nitrogens with zero attached hydrogens (tertiary/aromatic N) is 2. The van der Waals surface area contributed by atoms with Crippen molar-refractivity contribution in [2.45, 2.75) is 32.9 Å². The van der Waals surface area contributed by atoms with Crippen LogP contribution in [-0.2, 0) is 13.0 Å². The van der Waals surface area contributed by atoms with E-state index in [1.165, 1.54) is 22.2 Å². The summed E-state index contributed by atoms with van der Waals surface area (Å²) in [6.07, 6.45) is 1.10. The Balaban J connectivity index is 1.69. The maximum Gasteiger partial charge on any atom is 0.182 e. The van der Waals surface area contributed by atoms with Crippen molar-refractivity contribution in [3.05, 3.63) is 46.6 Å². The largest absolute Gasteiger partial charge is 0.365 e. The summed E-state index contributed by atoms with van der Waals surface area (Å²) >= 11 is 1.68. The van der Waals surface area contributed by atoms with Crippen LogP contribution in [0.5, 0.6) is 0 Å². The third-order valence-electron chi connectivity index (χ3n) is 4.95. The Labute approximate surface area is 146 Å². The topological polar surface area (TPSA) is 44.0 Å². The molecule has 5 heteroatoms. The van der Waals surface area contributed by atoms with Crippen LogP contribution in [-0.4, -0.2) is 28.5 Å². The van der Waals surface area contributed by atoms with E-state index in [1.807, 2.05) is 7.05 Å². The summed E-state index contributed by atoms with van der Waals surface area (Å²) in [5.74, 6) is 0.555. The van der Waals surface area contributed by atoms with Gasteiger partial charge in [-0.15, -0.1) is 11.3 Å². The number of para-hydroxylation sites is 1. The van der Waals surface area contributed by atoms with E-state index >= 15 is 0 Å². The number of aromatic amines is 1. The molecule has 0 bridgehead atoms. The van der Waals surface area contributed by atoms with E-state index in [-0.39, 0.29) is 0 Å². The summed E-state index contributed by atoms with van der Waals surface area (Å²) in [4.78, 5) is 11.0. The van der Waals surface area contributed by atoms with E-state index in [4.69, 9.17) is 0 Å². The van der Waals surface area contributed by atoms with Gasteiger partial charge in [-0.2, -0.15) is 0 Å². The van der Waals surface area contributed by atoms with E-state index in [2.05, 4.69) is 63.7 Å². The van der Waals surface area contributed by atoms with E-state index in [9.17, 15) is 0 Å². The minimum atomic E-state index is 0.417. The quantitative estimate of drug-likeness (QED) is 0.739. The fourth-order valence-electron chi connectivity index (χ4n) is 3.95. The number of benzene rings is 1. The van der Waals surface area contributed by atoms with Crippen molar-refractivity contribution in [3.63, 3.8) is 0 Å². The summed E-state index contributed by atoms with van der Waals surface area (Å²) in [5.41, 5.74) is 5.34. The summed E-state index contributed by atoms with van der Waals surface area (Å²) in [6.45, 7) is 6.64. The molecule has 0 aliphatic carbocycles. The molecule has 0 amide bonds. The number of nitrogens with one attached hydrogen (secondary N) is 2. The zero-order valence-electron chi connectivity index (χ0n) is 14.5. The first-order valence-electron chi connectivity index (χ1n) is 8.63. The van der Waals surface area contributed by atoms with Gasteiger partial charge >= 0.3 is 0 Å². The van der Waals surface area contributed by atoms with Crippen LogP contribution in [0.4, 0.5) is 5.13 Å². The predicted octanol–water partition coefficient (Wildman–Crippen LogP) is 4.42. The van der Waals surface area contributed by atoms with Gasteiger partial charge in [0.25, 0.3) is 0 Å². The van der Waals surface area contributed by atoms with Crippen molar-refractivity contribution < 1.29 is 0 Å². The van der Waals surface area contributed by atoms with E-state index in [1.54, 1.807) is 11.3 Å². The average Bonchev–Trinajstić information content (AvgIpc) is 3.18. The van der Waals surface area contributed by atoms with Crippen molar-refractivity contribution in [1.82, 2.24) is 14.9 Å². The molecule has 1 aliphatic heterocycles. The summed E-state index contributed by atoms with van der Waals surface area (Å²) < 4.78 is 0. The third-order valence-corrected chi connectivity index (χ3v) is 5.86. The molecule has 1 aromatic carbocycles. The molecule has 3 heterocycles. The van der Waals surface area contributed by atoms with E-state index in [0.29, 0.717) is 12.0 Å². The van der Waals surface area contributed by atoms with Crippen LogP contribution in [0.1, 0.15) is 36.8 Å². The minimum Gasteiger partial charge on any atom is -0.365 e. The van der Waals surface area contributed by atoms with Crippen molar-refractivity contribution >= 4 is 27.4 Å². The molecule has 3 aromatic rings. The molecular formula is C19H24N4S. The highest BCUT2D eigenvalue weighted by molar-refractivity contribution is 7.13. The normalized spacial score (nSPS) is 18.2. The lowest BCUT2D eigenvalue weighted by Crippen LogP contribution is -2.37. The Hall–Kier alpha value is -1.85. The monoisotopic (exact) mass is 340 g/mol. The van der Waals surface area contributed by atoms with Gasteiger partial charge in [-0.05, 0) is 24.0 Å². The molecule has 0 saturated carbocycles. The number of rotatable bonds is 4. The first-order valence-corrected chi connectivity index (χ1v) is 9.51. The number of aromatic nitrogens is 2. The van der Waals surface area contributed by atoms with Crippen LogP contribution in [0.3, 0.4) is 0 Å². The first kappa shape index (κ1) is 15.7. The second-order valence-electron chi connectivity index (χ2n) is 6.87. The van der Waals surface area contributed by atoms with Gasteiger partial charge in [0.15, 0.2) is 5.13 Å². The Bertz CT molecular complexity index is 848. The lowest BCUT2D eigenvalue weighted by molar-refractivity contribution is 0.131. The molecule has 1 aliphatic rings. The zero-order valence-corrected chi connectivity index (χ0v) is 15.3. The van der Waals surface area contributed by atoms with Crippen LogP contribution in [0.25, 0.3) is 10.9 Å². The Morgan fingerprint density at radius 2 is 2.21 bits per heavy atom. The molecule has 2 aromatic heterocycles. The number of thiazole rings is 1. The maximum atomic E-state index is 4.67. The number of H-pyrrole nitrogens is 1. The van der Waals surface area contributed by atoms with Gasteiger partial charge in [0.2, 0.25) is 0 Å². The number of anilines is 1. The Morgan fingerprint density at radius 1 is 1.38 bits per heavy atom. The Morgan fingerprint density at radius 3 is 2.96 bits per heavy atom. The molecule has 0 fully saturated rings. The highest BCUT2D eigenvalue weighted by Gasteiger charge is 2.32. The zero-order chi connectivity index (χ0) is 16.7. The van der Waals surface area contributed by atoms with Gasteiger partial charge in [-0.25, -0.2) is 4.98 Å². The van der Waals surface area contributed by atoms with E-state index in [0.717, 1.165) is 30.3 Å². The van der Waals surface area contributed by atoms with Crippen LogP contribution < -0.4 is 5.32 Å². The van der Waals surface area contributed by atoms with Gasteiger partial charge < -0.3 is 10.3 Å². The second kappa shape index (κ2) is 6.22. The predicted molar refractivity (Wildman–Crippen MR) is 102 cm³/mol. The third kappa shape index (κ3) is 2.62. The fourth-order valence-corrected chi connectivity index (χ4v) is 4.62. The SMILES string of the molecule is CNc1nc(CN2CCc3c([nH]c4ccccc34)[C@@H]2C(C)C)cs1. The molecule has 0 saturated heterocycles. The van der Waals surface area contributed by atoms with Gasteiger partial charge in [0.05, 0.1) is 11.7 Å². The summed E-state index contributed by atoms with van der Waals surface area (Å²) in [6, 6.07) is 9.11. The number of hydrogen-bond donors (Lipinski definition) is 2. The van der Waals surface area contributed by atoms with Crippen LogP contribution in [0.2, 0.25) is 0 Å². The molecular weight excluding hydrogens is 316 g/mol.